The summed E-state index contributed by atoms with van der Waals surface area (Å²) in [6.45, 7) is 2.00. The van der Waals surface area contributed by atoms with Crippen LogP contribution in [-0.4, -0.2) is 27.7 Å². The van der Waals surface area contributed by atoms with Gasteiger partial charge in [-0.2, -0.15) is 0 Å². The largest absolute Gasteiger partial charge is 0.496 e. The van der Waals surface area contributed by atoms with Crippen molar-refractivity contribution in [3.8, 4) is 5.75 Å². The Labute approximate surface area is 163 Å². The van der Waals surface area contributed by atoms with E-state index in [2.05, 4.69) is 20.7 Å². The molecule has 4 N–H and O–H groups in total. The lowest BCUT2D eigenvalue weighted by atomic mass is 9.97. The Morgan fingerprint density at radius 3 is 2.43 bits per heavy atom. The third-order valence-corrected chi connectivity index (χ3v) is 5.60. The van der Waals surface area contributed by atoms with E-state index in [1.165, 1.54) is 0 Å². The molecule has 0 bridgehead atoms. The lowest BCUT2D eigenvalue weighted by Crippen LogP contribution is -2.14. The van der Waals surface area contributed by atoms with Gasteiger partial charge in [0.15, 0.2) is 0 Å². The minimum Gasteiger partial charge on any atom is -0.496 e. The first-order valence-electron chi connectivity index (χ1n) is 8.96. The van der Waals surface area contributed by atoms with Crippen LogP contribution in [0.4, 0.5) is 22.7 Å². The molecule has 2 aromatic rings. The number of nitrogens with one attached hydrogen (secondary N) is 4. The number of amides is 1. The van der Waals surface area contributed by atoms with Crippen LogP contribution in [0, 0.1) is 0 Å². The van der Waals surface area contributed by atoms with Gasteiger partial charge in [0.2, 0.25) is 15.9 Å². The topological polar surface area (TPSA) is 109 Å². The molecular weight excluding hydrogens is 380 g/mol. The molecule has 0 spiro atoms. The molecule has 0 aromatic heterocycles. The number of sulfonamides is 1. The van der Waals surface area contributed by atoms with Crippen molar-refractivity contribution in [2.24, 2.45) is 0 Å². The zero-order valence-corrected chi connectivity index (χ0v) is 16.6. The van der Waals surface area contributed by atoms with Gasteiger partial charge in [0.25, 0.3) is 0 Å². The highest BCUT2D eigenvalue weighted by atomic mass is 32.2. The Morgan fingerprint density at radius 1 is 1.07 bits per heavy atom. The average Bonchev–Trinajstić information content (AvgIpc) is 3.16. The Hall–Kier alpha value is -2.94. The van der Waals surface area contributed by atoms with Gasteiger partial charge in [0.05, 0.1) is 36.3 Å². The maximum atomic E-state index is 12.1. The average molecular weight is 402 g/mol. The molecule has 2 atom stereocenters. The number of methoxy groups -OCH3 is 1. The fourth-order valence-corrected chi connectivity index (χ4v) is 4.30. The Morgan fingerprint density at radius 2 is 1.79 bits per heavy atom. The van der Waals surface area contributed by atoms with Gasteiger partial charge in [-0.15, -0.1) is 0 Å². The second-order valence-electron chi connectivity index (χ2n) is 6.99. The summed E-state index contributed by atoms with van der Waals surface area (Å²) in [6.07, 6.45) is 1.61. The molecule has 2 aliphatic heterocycles. The number of ether oxygens (including phenoxy) is 1. The summed E-state index contributed by atoms with van der Waals surface area (Å²) in [5.41, 5.74) is 4.92. The third kappa shape index (κ3) is 3.22. The van der Waals surface area contributed by atoms with Gasteiger partial charge in [-0.1, -0.05) is 6.92 Å². The molecular formula is C19H22N4O4S. The van der Waals surface area contributed by atoms with Crippen molar-refractivity contribution in [1.82, 2.24) is 0 Å². The van der Waals surface area contributed by atoms with Crippen molar-refractivity contribution in [2.75, 3.05) is 34.0 Å². The third-order valence-electron chi connectivity index (χ3n) is 5.00. The molecule has 0 radical (unpaired) electrons. The van der Waals surface area contributed by atoms with Gasteiger partial charge < -0.3 is 20.7 Å². The number of hydrogen-bond donors (Lipinski definition) is 4. The van der Waals surface area contributed by atoms with Crippen molar-refractivity contribution >= 4 is 38.7 Å². The number of hydrogen-bond acceptors (Lipinski definition) is 6. The molecule has 148 valence electrons. The van der Waals surface area contributed by atoms with Crippen molar-refractivity contribution in [1.29, 1.82) is 0 Å². The van der Waals surface area contributed by atoms with E-state index in [0.29, 0.717) is 11.4 Å². The lowest BCUT2D eigenvalue weighted by molar-refractivity contribution is -0.117. The molecule has 8 nitrogen and oxygen atoms in total. The molecule has 2 aliphatic rings. The smallest absolute Gasteiger partial charge is 0.231 e. The van der Waals surface area contributed by atoms with Crippen LogP contribution in [0.2, 0.25) is 0 Å². The summed E-state index contributed by atoms with van der Waals surface area (Å²) in [6, 6.07) is 9.11. The molecule has 0 aliphatic carbocycles. The number of fused-ring (bicyclic) bond motifs is 2. The maximum absolute atomic E-state index is 12.1. The van der Waals surface area contributed by atoms with E-state index in [0.717, 1.165) is 40.9 Å². The number of rotatable bonds is 5. The monoisotopic (exact) mass is 402 g/mol. The second kappa shape index (κ2) is 6.59. The van der Waals surface area contributed by atoms with Crippen LogP contribution in [0.25, 0.3) is 0 Å². The van der Waals surface area contributed by atoms with Crippen LogP contribution in [0.3, 0.4) is 0 Å². The predicted octanol–water partition coefficient (Wildman–Crippen LogP) is 3.05. The molecule has 4 rings (SSSR count). The van der Waals surface area contributed by atoms with E-state index in [-0.39, 0.29) is 18.0 Å². The summed E-state index contributed by atoms with van der Waals surface area (Å²) < 4.78 is 30.8. The van der Waals surface area contributed by atoms with E-state index in [1.54, 1.807) is 19.2 Å². The van der Waals surface area contributed by atoms with Crippen molar-refractivity contribution in [2.45, 2.75) is 25.4 Å². The normalized spacial score (nSPS) is 19.9. The molecule has 2 heterocycles. The second-order valence-corrected chi connectivity index (χ2v) is 8.74. The molecule has 2 aromatic carbocycles. The van der Waals surface area contributed by atoms with E-state index < -0.39 is 10.0 Å². The van der Waals surface area contributed by atoms with Crippen molar-refractivity contribution < 1.29 is 17.9 Å². The number of carbonyl (C=O) groups excluding carboxylic acids is 1. The zero-order chi connectivity index (χ0) is 20.1. The van der Waals surface area contributed by atoms with Crippen LogP contribution < -0.4 is 25.4 Å². The SMILES string of the molecule is CCC1C(=O)Nc2cc3c(cc21)NC(c1ccc(NS(C)(=O)=O)cc1OC)N3. The highest BCUT2D eigenvalue weighted by Gasteiger charge is 2.33. The first-order chi connectivity index (χ1) is 13.3. The van der Waals surface area contributed by atoms with E-state index >= 15 is 0 Å². The molecule has 0 fully saturated rings. The lowest BCUT2D eigenvalue weighted by Gasteiger charge is -2.17. The standard InChI is InChI=1S/C19H22N4O4S/c1-4-11-13-8-15-16(9-14(13)22-19(11)24)21-18(20-15)12-6-5-10(7-17(12)27-2)23-28(3,25)26/h5-9,11,18,20-21,23H,4H2,1-3H3,(H,22,24). The zero-order valence-electron chi connectivity index (χ0n) is 15.8. The molecule has 0 saturated carbocycles. The summed E-state index contributed by atoms with van der Waals surface area (Å²) in [5.74, 6) is 0.462. The quantitative estimate of drug-likeness (QED) is 0.612. The molecule has 0 saturated heterocycles. The van der Waals surface area contributed by atoms with Crippen molar-refractivity contribution in [3.05, 3.63) is 41.5 Å². The van der Waals surface area contributed by atoms with Gasteiger partial charge in [-0.25, -0.2) is 8.42 Å². The highest BCUT2D eigenvalue weighted by Crippen LogP contribution is 2.45. The first kappa shape index (κ1) is 18.4. The minimum absolute atomic E-state index is 0.0355. The van der Waals surface area contributed by atoms with Crippen LogP contribution in [0.1, 0.15) is 36.6 Å². The molecule has 1 amide bonds. The van der Waals surface area contributed by atoms with E-state index in [9.17, 15) is 13.2 Å². The van der Waals surface area contributed by atoms with Gasteiger partial charge in [-0.3, -0.25) is 9.52 Å². The van der Waals surface area contributed by atoms with Crippen molar-refractivity contribution in [3.63, 3.8) is 0 Å². The van der Waals surface area contributed by atoms with Gasteiger partial charge in [0, 0.05) is 17.3 Å². The first-order valence-corrected chi connectivity index (χ1v) is 10.9. The summed E-state index contributed by atoms with van der Waals surface area (Å²) in [5, 5.41) is 9.74. The van der Waals surface area contributed by atoms with Crippen LogP contribution >= 0.6 is 0 Å². The van der Waals surface area contributed by atoms with Gasteiger partial charge >= 0.3 is 0 Å². The van der Waals surface area contributed by atoms with Crippen LogP contribution in [0.5, 0.6) is 5.75 Å². The summed E-state index contributed by atoms with van der Waals surface area (Å²) in [7, 11) is -1.82. The fraction of sp³-hybridized carbons (Fsp3) is 0.316. The minimum atomic E-state index is -3.37. The number of benzene rings is 2. The molecule has 28 heavy (non-hydrogen) atoms. The molecule has 2 unspecified atom stereocenters. The van der Waals surface area contributed by atoms with Crippen LogP contribution in [-0.2, 0) is 14.8 Å². The highest BCUT2D eigenvalue weighted by molar-refractivity contribution is 7.92. The Balaban J connectivity index is 1.62. The Kier molecular flexibility index (Phi) is 4.34. The maximum Gasteiger partial charge on any atom is 0.231 e. The van der Waals surface area contributed by atoms with Crippen LogP contribution in [0.15, 0.2) is 30.3 Å². The van der Waals surface area contributed by atoms with Gasteiger partial charge in [-0.05, 0) is 36.2 Å². The summed E-state index contributed by atoms with van der Waals surface area (Å²) >= 11 is 0. The fourth-order valence-electron chi connectivity index (χ4n) is 3.75. The van der Waals surface area contributed by atoms with E-state index in [1.807, 2.05) is 25.1 Å². The predicted molar refractivity (Wildman–Crippen MR) is 110 cm³/mol. The molecule has 9 heteroatoms. The van der Waals surface area contributed by atoms with E-state index in [4.69, 9.17) is 4.74 Å². The van der Waals surface area contributed by atoms with Gasteiger partial charge in [0.1, 0.15) is 11.9 Å². The summed E-state index contributed by atoms with van der Waals surface area (Å²) in [4.78, 5) is 12.1. The number of anilines is 4. The number of carbonyl (C=O) groups is 1. The Bertz CT molecular complexity index is 1070.